The van der Waals surface area contributed by atoms with E-state index in [1.54, 1.807) is 4.90 Å². The quantitative estimate of drug-likeness (QED) is 0.782. The Kier molecular flexibility index (Phi) is 3.26. The van der Waals surface area contributed by atoms with E-state index in [2.05, 4.69) is 12.2 Å². The van der Waals surface area contributed by atoms with Crippen LogP contribution < -0.4 is 10.6 Å². The molecule has 0 saturated carbocycles. The van der Waals surface area contributed by atoms with Gasteiger partial charge in [-0.1, -0.05) is 12.2 Å². The average Bonchev–Trinajstić information content (AvgIpc) is 2.68. The largest absolute Gasteiger partial charge is 0.391 e. The normalized spacial score (nSPS) is 19.7. The summed E-state index contributed by atoms with van der Waals surface area (Å²) in [5, 5.41) is 9.37. The summed E-state index contributed by atoms with van der Waals surface area (Å²) < 4.78 is 27.4. The Hall–Kier alpha value is -1.27. The van der Waals surface area contributed by atoms with Crippen LogP contribution in [-0.2, 0) is 0 Å². The van der Waals surface area contributed by atoms with Gasteiger partial charge in [0.05, 0.1) is 11.8 Å². The lowest BCUT2D eigenvalue weighted by molar-refractivity contribution is 0.198. The lowest BCUT2D eigenvalue weighted by atomic mass is 10.1. The van der Waals surface area contributed by atoms with Crippen LogP contribution in [0.1, 0.15) is 12.0 Å². The highest BCUT2D eigenvalue weighted by molar-refractivity contribution is 7.80. The van der Waals surface area contributed by atoms with Gasteiger partial charge >= 0.3 is 0 Å². The topological polar surface area (TPSA) is 49.5 Å². The molecule has 0 amide bonds. The van der Waals surface area contributed by atoms with Crippen molar-refractivity contribution in [3.63, 3.8) is 0 Å². The molecule has 17 heavy (non-hydrogen) atoms. The maximum absolute atomic E-state index is 13.8. The number of halogens is 2. The number of anilines is 1. The molecular weight excluding hydrogens is 246 g/mol. The van der Waals surface area contributed by atoms with Crippen LogP contribution in [0.5, 0.6) is 0 Å². The fourth-order valence-corrected chi connectivity index (χ4v) is 2.09. The minimum absolute atomic E-state index is 0.0963. The molecule has 1 aromatic carbocycles. The van der Waals surface area contributed by atoms with Crippen molar-refractivity contribution in [2.45, 2.75) is 12.5 Å². The molecule has 0 radical (unpaired) electrons. The molecule has 1 saturated heterocycles. The Morgan fingerprint density at radius 2 is 2.12 bits per heavy atom. The van der Waals surface area contributed by atoms with E-state index in [-0.39, 0.29) is 16.2 Å². The summed E-state index contributed by atoms with van der Waals surface area (Å²) in [6.45, 7) is 0.812. The molecule has 6 heteroatoms. The van der Waals surface area contributed by atoms with Gasteiger partial charge in [0.15, 0.2) is 11.6 Å². The van der Waals surface area contributed by atoms with Gasteiger partial charge in [-0.3, -0.25) is 0 Å². The first-order valence-electron chi connectivity index (χ1n) is 5.21. The maximum Gasteiger partial charge on any atom is 0.182 e. The Bertz CT molecular complexity index is 467. The summed E-state index contributed by atoms with van der Waals surface area (Å²) in [5.74, 6) is -2.00. The molecule has 1 atom stereocenters. The zero-order valence-electron chi connectivity index (χ0n) is 8.99. The molecule has 1 aromatic rings. The standard InChI is InChI=1S/C11H12F2N2OS/c12-9-7(11(14)17)1-2-8(10(9)13)15-4-3-6(16)5-15/h1-2,6,16H,3-5H2,(H2,14,17). The van der Waals surface area contributed by atoms with E-state index >= 15 is 0 Å². The van der Waals surface area contributed by atoms with Crippen LogP contribution in [0.2, 0.25) is 0 Å². The smallest absolute Gasteiger partial charge is 0.182 e. The number of β-amino-alcohol motifs (C(OH)–C–C–N with tert-alkyl or cyclic N) is 1. The second-order valence-corrected chi connectivity index (χ2v) is 4.45. The van der Waals surface area contributed by atoms with Crippen molar-refractivity contribution in [3.8, 4) is 0 Å². The number of aliphatic hydroxyl groups excluding tert-OH is 1. The van der Waals surface area contributed by atoms with Crippen LogP contribution in [0.3, 0.4) is 0 Å². The number of nitrogens with two attached hydrogens (primary N) is 1. The van der Waals surface area contributed by atoms with Gasteiger partial charge in [0.2, 0.25) is 0 Å². The first kappa shape index (κ1) is 12.2. The van der Waals surface area contributed by atoms with E-state index in [1.165, 1.54) is 12.1 Å². The summed E-state index contributed by atoms with van der Waals surface area (Å²) >= 11 is 4.62. The zero-order valence-corrected chi connectivity index (χ0v) is 9.81. The SMILES string of the molecule is NC(=S)c1ccc(N2CCC(O)C2)c(F)c1F. The second kappa shape index (κ2) is 4.54. The predicted octanol–water partition coefficient (Wildman–Crippen LogP) is 1.17. The van der Waals surface area contributed by atoms with E-state index in [0.29, 0.717) is 19.5 Å². The fraction of sp³-hybridized carbons (Fsp3) is 0.364. The highest BCUT2D eigenvalue weighted by atomic mass is 32.1. The van der Waals surface area contributed by atoms with Crippen LogP contribution in [0.4, 0.5) is 14.5 Å². The Morgan fingerprint density at radius 1 is 1.41 bits per heavy atom. The molecular formula is C11H12F2N2OS. The van der Waals surface area contributed by atoms with Gasteiger partial charge in [0.1, 0.15) is 4.99 Å². The van der Waals surface area contributed by atoms with Crippen molar-refractivity contribution in [2.24, 2.45) is 5.73 Å². The zero-order chi connectivity index (χ0) is 12.6. The van der Waals surface area contributed by atoms with E-state index < -0.39 is 17.7 Å². The van der Waals surface area contributed by atoms with Gasteiger partial charge in [-0.05, 0) is 18.6 Å². The third-order valence-electron chi connectivity index (χ3n) is 2.83. The maximum atomic E-state index is 13.8. The van der Waals surface area contributed by atoms with E-state index in [4.69, 9.17) is 5.73 Å². The molecule has 1 aliphatic heterocycles. The molecule has 1 fully saturated rings. The monoisotopic (exact) mass is 258 g/mol. The molecule has 92 valence electrons. The summed E-state index contributed by atoms with van der Waals surface area (Å²) in [6, 6.07) is 2.80. The number of thiocarbonyl (C=S) groups is 1. The molecule has 3 nitrogen and oxygen atoms in total. The minimum Gasteiger partial charge on any atom is -0.391 e. The number of rotatable bonds is 2. The third kappa shape index (κ3) is 2.23. The molecule has 1 heterocycles. The van der Waals surface area contributed by atoms with Crippen LogP contribution >= 0.6 is 12.2 Å². The third-order valence-corrected chi connectivity index (χ3v) is 3.05. The lowest BCUT2D eigenvalue weighted by Crippen LogP contribution is -2.23. The second-order valence-electron chi connectivity index (χ2n) is 4.01. The van der Waals surface area contributed by atoms with Crippen molar-refractivity contribution in [2.75, 3.05) is 18.0 Å². The van der Waals surface area contributed by atoms with Crippen molar-refractivity contribution < 1.29 is 13.9 Å². The average molecular weight is 258 g/mol. The van der Waals surface area contributed by atoms with Crippen LogP contribution in [-0.4, -0.2) is 29.3 Å². The van der Waals surface area contributed by atoms with Gasteiger partial charge < -0.3 is 15.7 Å². The highest BCUT2D eigenvalue weighted by Gasteiger charge is 2.25. The molecule has 1 unspecified atom stereocenters. The first-order valence-corrected chi connectivity index (χ1v) is 5.62. The van der Waals surface area contributed by atoms with Crippen molar-refractivity contribution in [1.82, 2.24) is 0 Å². The fourth-order valence-electron chi connectivity index (χ4n) is 1.93. The molecule has 1 aliphatic rings. The number of benzene rings is 1. The molecule has 0 aromatic heterocycles. The van der Waals surface area contributed by atoms with Crippen LogP contribution in [0.25, 0.3) is 0 Å². The predicted molar refractivity (Wildman–Crippen MR) is 65.1 cm³/mol. The summed E-state index contributed by atoms with van der Waals surface area (Å²) in [6.07, 6.45) is 0.0608. The van der Waals surface area contributed by atoms with Gasteiger partial charge in [0.25, 0.3) is 0 Å². The van der Waals surface area contributed by atoms with E-state index in [9.17, 15) is 13.9 Å². The van der Waals surface area contributed by atoms with Crippen LogP contribution in [0, 0.1) is 11.6 Å². The molecule has 2 rings (SSSR count). The number of hydrogen-bond donors (Lipinski definition) is 2. The number of nitrogens with zero attached hydrogens (tertiary/aromatic N) is 1. The van der Waals surface area contributed by atoms with Crippen molar-refractivity contribution >= 4 is 22.9 Å². The first-order chi connectivity index (χ1) is 8.00. The summed E-state index contributed by atoms with van der Waals surface area (Å²) in [7, 11) is 0. The van der Waals surface area contributed by atoms with E-state index in [1.807, 2.05) is 0 Å². The number of aliphatic hydroxyl groups is 1. The van der Waals surface area contributed by atoms with Crippen molar-refractivity contribution in [1.29, 1.82) is 0 Å². The lowest BCUT2D eigenvalue weighted by Gasteiger charge is -2.19. The van der Waals surface area contributed by atoms with Gasteiger partial charge in [0, 0.05) is 18.7 Å². The van der Waals surface area contributed by atoms with Gasteiger partial charge in [-0.2, -0.15) is 0 Å². The van der Waals surface area contributed by atoms with Gasteiger partial charge in [-0.15, -0.1) is 0 Å². The minimum atomic E-state index is -1.03. The van der Waals surface area contributed by atoms with Gasteiger partial charge in [-0.25, -0.2) is 8.78 Å². The molecule has 0 aliphatic carbocycles. The Morgan fingerprint density at radius 3 is 2.65 bits per heavy atom. The Balaban J connectivity index is 2.37. The van der Waals surface area contributed by atoms with Crippen LogP contribution in [0.15, 0.2) is 12.1 Å². The van der Waals surface area contributed by atoms with E-state index in [0.717, 1.165) is 0 Å². The number of hydrogen-bond acceptors (Lipinski definition) is 3. The van der Waals surface area contributed by atoms with Crippen molar-refractivity contribution in [3.05, 3.63) is 29.3 Å². The molecule has 3 N–H and O–H groups in total. The summed E-state index contributed by atoms with van der Waals surface area (Å²) in [5.41, 5.74) is 5.32. The molecule has 0 spiro atoms. The summed E-state index contributed by atoms with van der Waals surface area (Å²) in [4.78, 5) is 1.43. The Labute approximate surface area is 103 Å². The molecule has 0 bridgehead atoms. The highest BCUT2D eigenvalue weighted by Crippen LogP contribution is 2.27.